The smallest absolute Gasteiger partial charge is 0.000554 e. The van der Waals surface area contributed by atoms with Gasteiger partial charge in [0.15, 0.2) is 0 Å². The van der Waals surface area contributed by atoms with E-state index in [2.05, 4.69) is 54.4 Å². The van der Waals surface area contributed by atoms with Gasteiger partial charge in [0.25, 0.3) is 0 Å². The first-order chi connectivity index (χ1) is 9.78. The zero-order valence-corrected chi connectivity index (χ0v) is 12.3. The highest BCUT2D eigenvalue weighted by Crippen LogP contribution is 2.33. The maximum atomic E-state index is 6.10. The van der Waals surface area contributed by atoms with Crippen molar-refractivity contribution < 1.29 is 0 Å². The topological polar surface area (TPSA) is 29.3 Å². The first-order valence-corrected chi connectivity index (χ1v) is 7.65. The van der Waals surface area contributed by atoms with Gasteiger partial charge in [-0.3, -0.25) is 0 Å². The Hall–Kier alpha value is -1.38. The molecule has 106 valence electrons. The summed E-state index contributed by atoms with van der Waals surface area (Å²) in [6.07, 6.45) is 2.54. The number of hydrogen-bond donors (Lipinski definition) is 1. The number of fused-ring (bicyclic) bond motifs is 1. The number of likely N-dealkylation sites (tertiary alicyclic amines) is 1. The Morgan fingerprint density at radius 1 is 1.10 bits per heavy atom. The summed E-state index contributed by atoms with van der Waals surface area (Å²) in [6.45, 7) is 3.16. The van der Waals surface area contributed by atoms with Crippen LogP contribution in [0, 0.1) is 5.92 Å². The number of nitrogens with two attached hydrogens (primary N) is 1. The minimum atomic E-state index is 0.508. The predicted octanol–water partition coefficient (Wildman–Crippen LogP) is 3.22. The minimum Gasteiger partial charge on any atom is -0.330 e. The van der Waals surface area contributed by atoms with Crippen LogP contribution in [0.15, 0.2) is 42.5 Å². The van der Waals surface area contributed by atoms with E-state index >= 15 is 0 Å². The molecule has 1 unspecified atom stereocenters. The van der Waals surface area contributed by atoms with E-state index in [4.69, 9.17) is 5.73 Å². The minimum absolute atomic E-state index is 0.508. The van der Waals surface area contributed by atoms with Crippen LogP contribution in [0.4, 0.5) is 0 Å². The Kier molecular flexibility index (Phi) is 4.04. The molecule has 1 aliphatic rings. The molecule has 2 nitrogen and oxygen atoms in total. The predicted molar refractivity (Wildman–Crippen MR) is 86.0 cm³/mol. The number of rotatable bonds is 3. The third-order valence-electron chi connectivity index (χ3n) is 4.79. The van der Waals surface area contributed by atoms with Crippen LogP contribution in [-0.4, -0.2) is 31.6 Å². The molecule has 2 N–H and O–H groups in total. The summed E-state index contributed by atoms with van der Waals surface area (Å²) in [5.41, 5.74) is 7.52. The lowest BCUT2D eigenvalue weighted by Gasteiger charge is -2.34. The van der Waals surface area contributed by atoms with Gasteiger partial charge in [0.2, 0.25) is 0 Å². The molecule has 0 amide bonds. The molecule has 20 heavy (non-hydrogen) atoms. The summed E-state index contributed by atoms with van der Waals surface area (Å²) in [5.74, 6) is 1.24. The molecule has 2 heteroatoms. The van der Waals surface area contributed by atoms with Crippen molar-refractivity contribution in [1.82, 2.24) is 4.90 Å². The van der Waals surface area contributed by atoms with Crippen molar-refractivity contribution >= 4 is 10.8 Å². The number of nitrogens with zero attached hydrogens (tertiary/aromatic N) is 1. The largest absolute Gasteiger partial charge is 0.330 e. The van der Waals surface area contributed by atoms with Gasteiger partial charge in [-0.2, -0.15) is 0 Å². The van der Waals surface area contributed by atoms with Gasteiger partial charge >= 0.3 is 0 Å². The van der Waals surface area contributed by atoms with Gasteiger partial charge in [-0.25, -0.2) is 0 Å². The van der Waals surface area contributed by atoms with E-state index in [0.29, 0.717) is 5.92 Å². The first-order valence-electron chi connectivity index (χ1n) is 7.65. The Labute approximate surface area is 121 Å². The maximum absolute atomic E-state index is 6.10. The van der Waals surface area contributed by atoms with E-state index in [1.54, 1.807) is 0 Å². The van der Waals surface area contributed by atoms with Gasteiger partial charge in [0.1, 0.15) is 0 Å². The van der Waals surface area contributed by atoms with Crippen LogP contribution in [0.2, 0.25) is 0 Å². The highest BCUT2D eigenvalue weighted by Gasteiger charge is 2.25. The third-order valence-corrected chi connectivity index (χ3v) is 4.79. The number of hydrogen-bond acceptors (Lipinski definition) is 2. The molecule has 2 aromatic rings. The summed E-state index contributed by atoms with van der Waals surface area (Å²) in [6, 6.07) is 15.4. The molecule has 2 aromatic carbocycles. The Morgan fingerprint density at radius 2 is 1.80 bits per heavy atom. The van der Waals surface area contributed by atoms with Gasteiger partial charge < -0.3 is 10.6 Å². The molecule has 1 heterocycles. The van der Waals surface area contributed by atoms with Crippen molar-refractivity contribution in [2.75, 3.05) is 26.7 Å². The van der Waals surface area contributed by atoms with Crippen molar-refractivity contribution in [2.45, 2.75) is 18.8 Å². The summed E-state index contributed by atoms with van der Waals surface area (Å²) < 4.78 is 0. The van der Waals surface area contributed by atoms with Crippen LogP contribution in [0.25, 0.3) is 10.8 Å². The molecule has 1 aliphatic heterocycles. The Balaban J connectivity index is 1.87. The quantitative estimate of drug-likeness (QED) is 0.926. The molecule has 3 rings (SSSR count). The lowest BCUT2D eigenvalue weighted by atomic mass is 9.79. The van der Waals surface area contributed by atoms with E-state index in [1.165, 1.54) is 42.3 Å². The standard InChI is InChI=1S/C18H24N2/c1-20-10-8-15(9-11-20)18(13-19)17-7-6-14-4-2-3-5-16(14)12-17/h2-7,12,15,18H,8-11,13,19H2,1H3. The second kappa shape index (κ2) is 5.94. The van der Waals surface area contributed by atoms with Crippen LogP contribution in [0.1, 0.15) is 24.3 Å². The summed E-state index contributed by atoms with van der Waals surface area (Å²) in [4.78, 5) is 2.42. The fourth-order valence-corrected chi connectivity index (χ4v) is 3.47. The second-order valence-electron chi connectivity index (χ2n) is 6.09. The Morgan fingerprint density at radius 3 is 2.50 bits per heavy atom. The number of benzene rings is 2. The second-order valence-corrected chi connectivity index (χ2v) is 6.09. The maximum Gasteiger partial charge on any atom is -0.000554 e. The van der Waals surface area contributed by atoms with E-state index in [9.17, 15) is 0 Å². The van der Waals surface area contributed by atoms with Gasteiger partial charge in [0, 0.05) is 0 Å². The summed E-state index contributed by atoms with van der Waals surface area (Å²) in [5, 5.41) is 2.65. The van der Waals surface area contributed by atoms with Gasteiger partial charge in [-0.05, 0) is 67.7 Å². The van der Waals surface area contributed by atoms with Crippen LogP contribution >= 0.6 is 0 Å². The first kappa shape index (κ1) is 13.6. The molecule has 0 aliphatic carbocycles. The average Bonchev–Trinajstić information content (AvgIpc) is 2.50. The van der Waals surface area contributed by atoms with E-state index < -0.39 is 0 Å². The van der Waals surface area contributed by atoms with E-state index in [1.807, 2.05) is 0 Å². The van der Waals surface area contributed by atoms with Gasteiger partial charge in [-0.1, -0.05) is 42.5 Å². The van der Waals surface area contributed by atoms with E-state index in [-0.39, 0.29) is 0 Å². The van der Waals surface area contributed by atoms with Crippen molar-refractivity contribution in [3.8, 4) is 0 Å². The lowest BCUT2D eigenvalue weighted by Crippen LogP contribution is -2.34. The van der Waals surface area contributed by atoms with E-state index in [0.717, 1.165) is 12.5 Å². The monoisotopic (exact) mass is 268 g/mol. The van der Waals surface area contributed by atoms with Crippen molar-refractivity contribution in [3.63, 3.8) is 0 Å². The van der Waals surface area contributed by atoms with Crippen molar-refractivity contribution in [3.05, 3.63) is 48.0 Å². The van der Waals surface area contributed by atoms with Crippen LogP contribution in [0.3, 0.4) is 0 Å². The van der Waals surface area contributed by atoms with Crippen LogP contribution in [-0.2, 0) is 0 Å². The lowest BCUT2D eigenvalue weighted by molar-refractivity contribution is 0.199. The summed E-state index contributed by atoms with van der Waals surface area (Å²) >= 11 is 0. The number of piperidine rings is 1. The van der Waals surface area contributed by atoms with Crippen molar-refractivity contribution in [1.29, 1.82) is 0 Å². The molecular weight excluding hydrogens is 244 g/mol. The fourth-order valence-electron chi connectivity index (χ4n) is 3.47. The highest BCUT2D eigenvalue weighted by atomic mass is 15.1. The van der Waals surface area contributed by atoms with Crippen LogP contribution in [0.5, 0.6) is 0 Å². The SMILES string of the molecule is CN1CCC(C(CN)c2ccc3ccccc3c2)CC1. The molecule has 0 spiro atoms. The molecule has 0 aromatic heterocycles. The molecule has 1 fully saturated rings. The molecule has 0 saturated carbocycles. The molecule has 1 saturated heterocycles. The van der Waals surface area contributed by atoms with Crippen molar-refractivity contribution in [2.24, 2.45) is 11.7 Å². The molecular formula is C18H24N2. The molecule has 0 bridgehead atoms. The third kappa shape index (κ3) is 2.72. The zero-order valence-electron chi connectivity index (χ0n) is 12.3. The van der Waals surface area contributed by atoms with Crippen LogP contribution < -0.4 is 5.73 Å². The molecule has 0 radical (unpaired) electrons. The fraction of sp³-hybridized carbons (Fsp3) is 0.444. The zero-order chi connectivity index (χ0) is 13.9. The normalized spacial score (nSPS) is 19.3. The highest BCUT2D eigenvalue weighted by molar-refractivity contribution is 5.83. The van der Waals surface area contributed by atoms with Gasteiger partial charge in [-0.15, -0.1) is 0 Å². The summed E-state index contributed by atoms with van der Waals surface area (Å²) in [7, 11) is 2.21. The van der Waals surface area contributed by atoms with Gasteiger partial charge in [0.05, 0.1) is 0 Å². The Bertz CT molecular complexity index is 570. The molecule has 1 atom stereocenters. The average molecular weight is 268 g/mol.